The predicted octanol–water partition coefficient (Wildman–Crippen LogP) is 2.76. The number of sulfone groups is 1. The Morgan fingerprint density at radius 1 is 1.35 bits per heavy atom. The van der Waals surface area contributed by atoms with Gasteiger partial charge in [0.05, 0.1) is 9.82 Å². The fraction of sp³-hybridized carbons (Fsp3) is 0.353. The number of hydrogen-bond donors (Lipinski definition) is 0. The highest BCUT2D eigenvalue weighted by molar-refractivity contribution is 7.90. The van der Waals surface area contributed by atoms with Crippen LogP contribution < -0.4 is 4.74 Å². The minimum Gasteiger partial charge on any atom is -0.439 e. The maximum Gasteiger partial charge on any atom is 0.288 e. The van der Waals surface area contributed by atoms with Gasteiger partial charge in [0.25, 0.3) is 5.69 Å². The highest BCUT2D eigenvalue weighted by atomic mass is 32.2. The molecule has 1 atom stereocenters. The number of ether oxygens (including phenoxy) is 2. The minimum atomic E-state index is -3.29. The molecule has 138 valence electrons. The molecule has 0 radical (unpaired) electrons. The van der Waals surface area contributed by atoms with Gasteiger partial charge in [-0.25, -0.2) is 13.4 Å². The summed E-state index contributed by atoms with van der Waals surface area (Å²) in [4.78, 5) is 14.8. The van der Waals surface area contributed by atoms with E-state index in [-0.39, 0.29) is 22.4 Å². The molecular weight excluding hydrogens is 360 g/mol. The van der Waals surface area contributed by atoms with Crippen molar-refractivity contribution in [3.8, 4) is 11.6 Å². The van der Waals surface area contributed by atoms with Gasteiger partial charge < -0.3 is 9.47 Å². The fourth-order valence-electron chi connectivity index (χ4n) is 2.75. The zero-order valence-electron chi connectivity index (χ0n) is 14.1. The highest BCUT2D eigenvalue weighted by Gasteiger charge is 2.21. The third kappa shape index (κ3) is 4.36. The lowest BCUT2D eigenvalue weighted by Crippen LogP contribution is -2.06. The molecule has 1 aliphatic rings. The van der Waals surface area contributed by atoms with Crippen molar-refractivity contribution in [3.63, 3.8) is 0 Å². The van der Waals surface area contributed by atoms with E-state index >= 15 is 0 Å². The van der Waals surface area contributed by atoms with Crippen molar-refractivity contribution in [2.24, 2.45) is 5.92 Å². The van der Waals surface area contributed by atoms with Gasteiger partial charge in [-0.05, 0) is 43.0 Å². The molecule has 26 heavy (non-hydrogen) atoms. The van der Waals surface area contributed by atoms with Crippen molar-refractivity contribution in [1.82, 2.24) is 4.98 Å². The molecule has 0 N–H and O–H groups in total. The van der Waals surface area contributed by atoms with Crippen LogP contribution in [0.15, 0.2) is 41.4 Å². The van der Waals surface area contributed by atoms with Crippen molar-refractivity contribution >= 4 is 15.5 Å². The number of pyridine rings is 1. The first kappa shape index (κ1) is 18.3. The van der Waals surface area contributed by atoms with Gasteiger partial charge in [-0.2, -0.15) is 0 Å². The van der Waals surface area contributed by atoms with Gasteiger partial charge >= 0.3 is 0 Å². The maximum absolute atomic E-state index is 11.5. The summed E-state index contributed by atoms with van der Waals surface area (Å²) in [6, 6.07) is 7.41. The summed E-state index contributed by atoms with van der Waals surface area (Å²) in [6.07, 6.45) is 3.72. The number of nitro groups is 1. The Labute approximate surface area is 150 Å². The second-order valence-electron chi connectivity index (χ2n) is 6.19. The Kier molecular flexibility index (Phi) is 5.19. The van der Waals surface area contributed by atoms with Crippen LogP contribution in [-0.4, -0.2) is 37.8 Å². The molecule has 1 unspecified atom stereocenters. The number of benzene rings is 1. The monoisotopic (exact) mass is 378 g/mol. The topological polar surface area (TPSA) is 109 Å². The number of aromatic nitrogens is 1. The van der Waals surface area contributed by atoms with E-state index in [0.29, 0.717) is 30.9 Å². The lowest BCUT2D eigenvalue weighted by molar-refractivity contribution is -0.385. The molecule has 1 fully saturated rings. The van der Waals surface area contributed by atoms with Crippen LogP contribution in [0.5, 0.6) is 11.6 Å². The van der Waals surface area contributed by atoms with E-state index in [9.17, 15) is 18.5 Å². The third-order valence-electron chi connectivity index (χ3n) is 4.12. The SMILES string of the molecule is CS(=O)(=O)c1ccc(Oc2ncc([N+](=O)[O-])cc2CC2CCOC2)cc1. The third-order valence-corrected chi connectivity index (χ3v) is 5.25. The summed E-state index contributed by atoms with van der Waals surface area (Å²) in [5, 5.41) is 11.0. The molecule has 2 heterocycles. The zero-order valence-corrected chi connectivity index (χ0v) is 14.9. The van der Waals surface area contributed by atoms with Gasteiger partial charge in [-0.3, -0.25) is 10.1 Å². The van der Waals surface area contributed by atoms with Crippen molar-refractivity contribution < 1.29 is 22.8 Å². The summed E-state index contributed by atoms with van der Waals surface area (Å²) in [5.74, 6) is 0.936. The van der Waals surface area contributed by atoms with E-state index < -0.39 is 14.8 Å². The average Bonchev–Trinajstić information content (AvgIpc) is 3.09. The van der Waals surface area contributed by atoms with E-state index in [4.69, 9.17) is 9.47 Å². The molecule has 1 aromatic carbocycles. The van der Waals surface area contributed by atoms with Crippen LogP contribution in [0, 0.1) is 16.0 Å². The highest BCUT2D eigenvalue weighted by Crippen LogP contribution is 2.30. The second-order valence-corrected chi connectivity index (χ2v) is 8.21. The van der Waals surface area contributed by atoms with Crippen LogP contribution in [0.3, 0.4) is 0 Å². The number of rotatable bonds is 6. The van der Waals surface area contributed by atoms with Gasteiger partial charge in [-0.15, -0.1) is 0 Å². The summed E-state index contributed by atoms with van der Waals surface area (Å²) in [7, 11) is -3.29. The normalized spacial score (nSPS) is 17.2. The van der Waals surface area contributed by atoms with Crippen LogP contribution in [0.4, 0.5) is 5.69 Å². The minimum absolute atomic E-state index is 0.0984. The molecule has 0 aliphatic carbocycles. The molecule has 3 rings (SSSR count). The maximum atomic E-state index is 11.5. The Bertz CT molecular complexity index is 905. The van der Waals surface area contributed by atoms with Crippen LogP contribution in [0.2, 0.25) is 0 Å². The smallest absolute Gasteiger partial charge is 0.288 e. The largest absolute Gasteiger partial charge is 0.439 e. The number of nitrogens with zero attached hydrogens (tertiary/aromatic N) is 2. The van der Waals surface area contributed by atoms with Gasteiger partial charge in [0.2, 0.25) is 5.88 Å². The molecule has 1 aromatic heterocycles. The average molecular weight is 378 g/mol. The predicted molar refractivity (Wildman–Crippen MR) is 93.1 cm³/mol. The lowest BCUT2D eigenvalue weighted by atomic mass is 9.99. The quantitative estimate of drug-likeness (QED) is 0.561. The van der Waals surface area contributed by atoms with Crippen molar-refractivity contribution in [2.75, 3.05) is 19.5 Å². The van der Waals surface area contributed by atoms with Gasteiger partial charge in [0, 0.05) is 31.1 Å². The van der Waals surface area contributed by atoms with Crippen molar-refractivity contribution in [3.05, 3.63) is 52.2 Å². The Hall–Kier alpha value is -2.52. The van der Waals surface area contributed by atoms with Crippen LogP contribution in [-0.2, 0) is 21.0 Å². The van der Waals surface area contributed by atoms with Crippen molar-refractivity contribution in [1.29, 1.82) is 0 Å². The summed E-state index contributed by atoms with van der Waals surface area (Å²) < 4.78 is 34.2. The van der Waals surface area contributed by atoms with Gasteiger partial charge in [0.1, 0.15) is 11.9 Å². The summed E-state index contributed by atoms with van der Waals surface area (Å²) in [6.45, 7) is 1.28. The molecule has 0 bridgehead atoms. The van der Waals surface area contributed by atoms with E-state index in [0.717, 1.165) is 18.9 Å². The van der Waals surface area contributed by atoms with E-state index in [2.05, 4.69) is 4.98 Å². The second kappa shape index (κ2) is 7.38. The molecule has 0 saturated carbocycles. The van der Waals surface area contributed by atoms with E-state index in [1.807, 2.05) is 0 Å². The molecule has 0 spiro atoms. The van der Waals surface area contributed by atoms with Crippen molar-refractivity contribution in [2.45, 2.75) is 17.7 Å². The lowest BCUT2D eigenvalue weighted by Gasteiger charge is -2.13. The fourth-order valence-corrected chi connectivity index (χ4v) is 3.38. The van der Waals surface area contributed by atoms with E-state index in [1.165, 1.54) is 30.3 Å². The first-order chi connectivity index (χ1) is 12.3. The summed E-state index contributed by atoms with van der Waals surface area (Å²) >= 11 is 0. The first-order valence-corrected chi connectivity index (χ1v) is 9.91. The van der Waals surface area contributed by atoms with Crippen LogP contribution in [0.1, 0.15) is 12.0 Å². The first-order valence-electron chi connectivity index (χ1n) is 8.02. The Morgan fingerprint density at radius 3 is 2.65 bits per heavy atom. The summed E-state index contributed by atoms with van der Waals surface area (Å²) in [5.41, 5.74) is 0.528. The standard InChI is InChI=1S/C17H18N2O6S/c1-26(22,23)16-4-2-15(3-5-16)25-17-13(8-12-6-7-24-11-12)9-14(10-18-17)19(20)21/h2-5,9-10,12H,6-8,11H2,1H3. The van der Waals surface area contributed by atoms with Gasteiger partial charge in [0.15, 0.2) is 9.84 Å². The van der Waals surface area contributed by atoms with Crippen LogP contribution in [0.25, 0.3) is 0 Å². The van der Waals surface area contributed by atoms with Crippen LogP contribution >= 0.6 is 0 Å². The molecule has 0 amide bonds. The van der Waals surface area contributed by atoms with Gasteiger partial charge in [-0.1, -0.05) is 0 Å². The molecule has 9 heteroatoms. The number of hydrogen-bond acceptors (Lipinski definition) is 7. The van der Waals surface area contributed by atoms with E-state index in [1.54, 1.807) is 0 Å². The Balaban J connectivity index is 1.86. The molecule has 8 nitrogen and oxygen atoms in total. The Morgan fingerprint density at radius 2 is 2.08 bits per heavy atom. The molecule has 1 aliphatic heterocycles. The molecular formula is C17H18N2O6S. The zero-order chi connectivity index (χ0) is 18.7. The molecule has 2 aromatic rings. The molecule has 1 saturated heterocycles.